The predicted molar refractivity (Wildman–Crippen MR) is 112 cm³/mol. The number of hydrogen-bond donors (Lipinski definition) is 0. The highest BCUT2D eigenvalue weighted by Gasteiger charge is 2.32. The zero-order chi connectivity index (χ0) is 19.8. The summed E-state index contributed by atoms with van der Waals surface area (Å²) >= 11 is 0. The molecule has 0 radical (unpaired) electrons. The number of carbonyl (C=O) groups excluding carboxylic acids is 1. The normalized spacial score (nSPS) is 23.8. The zero-order valence-electron chi connectivity index (χ0n) is 17.4. The second-order valence-corrected chi connectivity index (χ2v) is 8.77. The lowest BCUT2D eigenvalue weighted by atomic mass is 9.96. The molecule has 0 N–H and O–H groups in total. The van der Waals surface area contributed by atoms with Crippen molar-refractivity contribution in [3.63, 3.8) is 0 Å². The SMILES string of the molecule is CN1CCN(C(=O)[C@H]2CCCN(c3ncnc4c3nc3n4CCCCC3)C2)CC1. The van der Waals surface area contributed by atoms with Gasteiger partial charge in [-0.05, 0) is 32.7 Å². The summed E-state index contributed by atoms with van der Waals surface area (Å²) in [6.07, 6.45) is 8.30. The van der Waals surface area contributed by atoms with Crippen molar-refractivity contribution in [3.8, 4) is 0 Å². The Bertz CT molecular complexity index is 887. The van der Waals surface area contributed by atoms with Crippen LogP contribution in [0.15, 0.2) is 6.33 Å². The largest absolute Gasteiger partial charge is 0.354 e. The Morgan fingerprint density at radius 2 is 1.86 bits per heavy atom. The molecule has 0 aromatic carbocycles. The van der Waals surface area contributed by atoms with Crippen LogP contribution in [0.4, 0.5) is 5.82 Å². The number of piperazine rings is 1. The van der Waals surface area contributed by atoms with E-state index in [1.165, 1.54) is 19.3 Å². The highest BCUT2D eigenvalue weighted by Crippen LogP contribution is 2.30. The average molecular weight is 398 g/mol. The van der Waals surface area contributed by atoms with E-state index in [4.69, 9.17) is 4.98 Å². The van der Waals surface area contributed by atoms with E-state index in [0.717, 1.165) is 87.9 Å². The number of hydrogen-bond acceptors (Lipinski definition) is 6. The van der Waals surface area contributed by atoms with Gasteiger partial charge in [0, 0.05) is 52.2 Å². The Hall–Kier alpha value is -2.22. The van der Waals surface area contributed by atoms with Crippen molar-refractivity contribution in [1.82, 2.24) is 29.3 Å². The van der Waals surface area contributed by atoms with Crippen LogP contribution >= 0.6 is 0 Å². The van der Waals surface area contributed by atoms with Crippen LogP contribution in [-0.2, 0) is 17.8 Å². The summed E-state index contributed by atoms with van der Waals surface area (Å²) in [4.78, 5) is 33.9. The van der Waals surface area contributed by atoms with Gasteiger partial charge >= 0.3 is 0 Å². The number of amides is 1. The van der Waals surface area contributed by atoms with Gasteiger partial charge in [0.25, 0.3) is 0 Å². The number of piperidine rings is 1. The number of fused-ring (bicyclic) bond motifs is 3. The van der Waals surface area contributed by atoms with Gasteiger partial charge in [-0.3, -0.25) is 4.79 Å². The second-order valence-electron chi connectivity index (χ2n) is 8.77. The van der Waals surface area contributed by atoms with Gasteiger partial charge in [0.05, 0.1) is 5.92 Å². The predicted octanol–water partition coefficient (Wildman–Crippen LogP) is 1.54. The van der Waals surface area contributed by atoms with E-state index in [2.05, 4.69) is 36.3 Å². The van der Waals surface area contributed by atoms with Crippen LogP contribution in [0, 0.1) is 5.92 Å². The van der Waals surface area contributed by atoms with Crippen molar-refractivity contribution in [3.05, 3.63) is 12.2 Å². The van der Waals surface area contributed by atoms with Gasteiger partial charge < -0.3 is 19.3 Å². The fourth-order valence-corrected chi connectivity index (χ4v) is 5.01. The van der Waals surface area contributed by atoms with Gasteiger partial charge in [0.15, 0.2) is 17.0 Å². The van der Waals surface area contributed by atoms with E-state index in [1.807, 2.05) is 0 Å². The number of likely N-dealkylation sites (N-methyl/N-ethyl adjacent to an activating group) is 1. The molecule has 0 aliphatic carbocycles. The van der Waals surface area contributed by atoms with E-state index in [0.29, 0.717) is 5.91 Å². The van der Waals surface area contributed by atoms with Crippen LogP contribution in [-0.4, -0.2) is 81.5 Å². The first-order valence-corrected chi connectivity index (χ1v) is 11.1. The Morgan fingerprint density at radius 1 is 1.00 bits per heavy atom. The summed E-state index contributed by atoms with van der Waals surface area (Å²) in [6, 6.07) is 0. The van der Waals surface area contributed by atoms with Gasteiger partial charge in [-0.15, -0.1) is 0 Å². The molecule has 0 bridgehead atoms. The van der Waals surface area contributed by atoms with E-state index < -0.39 is 0 Å². The Morgan fingerprint density at radius 3 is 2.72 bits per heavy atom. The maximum Gasteiger partial charge on any atom is 0.227 e. The standard InChI is InChI=1S/C21H31N7O/c1-25-10-12-26(13-11-25)21(29)16-6-5-8-27(14-16)19-18-20(23-15-22-19)28-9-4-2-3-7-17(28)24-18/h15-16H,2-14H2,1H3/t16-/m0/s1. The maximum absolute atomic E-state index is 13.1. The summed E-state index contributed by atoms with van der Waals surface area (Å²) in [7, 11) is 2.12. The molecule has 156 valence electrons. The summed E-state index contributed by atoms with van der Waals surface area (Å²) in [5.74, 6) is 2.42. The molecule has 1 atom stereocenters. The molecule has 0 unspecified atom stereocenters. The van der Waals surface area contributed by atoms with Gasteiger partial charge in [0.2, 0.25) is 5.91 Å². The molecule has 2 aromatic rings. The lowest BCUT2D eigenvalue weighted by molar-refractivity contribution is -0.137. The van der Waals surface area contributed by atoms with Crippen molar-refractivity contribution in [1.29, 1.82) is 0 Å². The van der Waals surface area contributed by atoms with Crippen LogP contribution in [0.1, 0.15) is 37.9 Å². The third-order valence-corrected chi connectivity index (χ3v) is 6.76. The zero-order valence-corrected chi connectivity index (χ0v) is 17.4. The molecule has 0 saturated carbocycles. The molecule has 5 rings (SSSR count). The molecule has 5 heterocycles. The van der Waals surface area contributed by atoms with Crippen LogP contribution in [0.5, 0.6) is 0 Å². The minimum atomic E-state index is 0.0533. The Balaban J connectivity index is 1.38. The molecule has 2 fully saturated rings. The molecule has 1 amide bonds. The number of nitrogens with zero attached hydrogens (tertiary/aromatic N) is 7. The number of imidazole rings is 1. The second kappa shape index (κ2) is 7.89. The molecule has 2 aromatic heterocycles. The Labute approximate surface area is 171 Å². The first-order valence-electron chi connectivity index (χ1n) is 11.1. The Kier molecular flexibility index (Phi) is 5.11. The number of carbonyl (C=O) groups is 1. The summed E-state index contributed by atoms with van der Waals surface area (Å²) in [6.45, 7) is 6.28. The van der Waals surface area contributed by atoms with Crippen LogP contribution in [0.2, 0.25) is 0 Å². The highest BCUT2D eigenvalue weighted by molar-refractivity contribution is 5.85. The summed E-state index contributed by atoms with van der Waals surface area (Å²) < 4.78 is 2.28. The van der Waals surface area contributed by atoms with E-state index in [-0.39, 0.29) is 5.92 Å². The van der Waals surface area contributed by atoms with Gasteiger partial charge in [-0.2, -0.15) is 0 Å². The van der Waals surface area contributed by atoms with E-state index in [9.17, 15) is 4.79 Å². The van der Waals surface area contributed by atoms with Crippen molar-refractivity contribution >= 4 is 22.9 Å². The molecule has 3 aliphatic heterocycles. The van der Waals surface area contributed by atoms with Gasteiger partial charge in [-0.25, -0.2) is 15.0 Å². The third kappa shape index (κ3) is 3.58. The topological polar surface area (TPSA) is 70.4 Å². The lowest BCUT2D eigenvalue weighted by Crippen LogP contribution is -2.51. The van der Waals surface area contributed by atoms with Crippen LogP contribution in [0.3, 0.4) is 0 Å². The number of rotatable bonds is 2. The molecular weight excluding hydrogens is 366 g/mol. The van der Waals surface area contributed by atoms with E-state index in [1.54, 1.807) is 6.33 Å². The van der Waals surface area contributed by atoms with Crippen LogP contribution < -0.4 is 4.90 Å². The monoisotopic (exact) mass is 397 g/mol. The van der Waals surface area contributed by atoms with Crippen molar-refractivity contribution in [2.75, 3.05) is 51.2 Å². The maximum atomic E-state index is 13.1. The molecule has 8 nitrogen and oxygen atoms in total. The fourth-order valence-electron chi connectivity index (χ4n) is 5.01. The highest BCUT2D eigenvalue weighted by atomic mass is 16.2. The average Bonchev–Trinajstić information content (AvgIpc) is 2.95. The smallest absolute Gasteiger partial charge is 0.227 e. The molecule has 29 heavy (non-hydrogen) atoms. The minimum absolute atomic E-state index is 0.0533. The molecule has 0 spiro atoms. The molecule has 3 aliphatic rings. The van der Waals surface area contributed by atoms with E-state index >= 15 is 0 Å². The fraction of sp³-hybridized carbons (Fsp3) is 0.714. The lowest BCUT2D eigenvalue weighted by Gasteiger charge is -2.38. The van der Waals surface area contributed by atoms with Gasteiger partial charge in [0.1, 0.15) is 12.2 Å². The third-order valence-electron chi connectivity index (χ3n) is 6.76. The van der Waals surface area contributed by atoms with Crippen molar-refractivity contribution in [2.45, 2.75) is 45.1 Å². The quantitative estimate of drug-likeness (QED) is 0.766. The van der Waals surface area contributed by atoms with Gasteiger partial charge in [-0.1, -0.05) is 6.42 Å². The van der Waals surface area contributed by atoms with Crippen LogP contribution in [0.25, 0.3) is 11.2 Å². The number of aromatic nitrogens is 4. The number of anilines is 1. The molecular formula is C21H31N7O. The first-order chi connectivity index (χ1) is 14.2. The minimum Gasteiger partial charge on any atom is -0.354 e. The summed E-state index contributed by atoms with van der Waals surface area (Å²) in [5.41, 5.74) is 1.87. The van der Waals surface area contributed by atoms with Crippen molar-refractivity contribution < 1.29 is 4.79 Å². The first kappa shape index (κ1) is 18.8. The van der Waals surface area contributed by atoms with Crippen molar-refractivity contribution in [2.24, 2.45) is 5.92 Å². The molecule has 8 heteroatoms. The number of aryl methyl sites for hydroxylation is 2. The molecule has 2 saturated heterocycles. The summed E-state index contributed by atoms with van der Waals surface area (Å²) in [5, 5.41) is 0.